The Bertz CT molecular complexity index is 258. The van der Waals surface area contributed by atoms with Crippen LogP contribution < -0.4 is 4.74 Å². The summed E-state index contributed by atoms with van der Waals surface area (Å²) < 4.78 is 5.56. The molecule has 13 heavy (non-hydrogen) atoms. The molecule has 0 saturated carbocycles. The van der Waals surface area contributed by atoms with Crippen LogP contribution >= 0.6 is 11.6 Å². The van der Waals surface area contributed by atoms with Gasteiger partial charge in [0.1, 0.15) is 5.75 Å². The highest BCUT2D eigenvalue weighted by Gasteiger charge is 1.98. The summed E-state index contributed by atoms with van der Waals surface area (Å²) in [6.45, 7) is 4.04. The molecule has 0 N–H and O–H groups in total. The summed E-state index contributed by atoms with van der Waals surface area (Å²) in [5, 5.41) is 0. The highest BCUT2D eigenvalue weighted by molar-refractivity contribution is 6.17. The van der Waals surface area contributed by atoms with Gasteiger partial charge in [-0.2, -0.15) is 0 Å². The third-order valence-electron chi connectivity index (χ3n) is 1.65. The van der Waals surface area contributed by atoms with Crippen molar-refractivity contribution in [2.24, 2.45) is 0 Å². The first-order valence-electron chi connectivity index (χ1n) is 4.54. The molecule has 0 atom stereocenters. The molecular formula is C11H15ClO. The van der Waals surface area contributed by atoms with E-state index in [2.05, 4.69) is 6.07 Å². The van der Waals surface area contributed by atoms with E-state index in [0.717, 1.165) is 12.2 Å². The zero-order chi connectivity index (χ0) is 9.68. The zero-order valence-electron chi connectivity index (χ0n) is 8.09. The molecule has 0 saturated heterocycles. The van der Waals surface area contributed by atoms with Crippen molar-refractivity contribution in [1.82, 2.24) is 0 Å². The second-order valence-corrected chi connectivity index (χ2v) is 3.63. The van der Waals surface area contributed by atoms with Crippen molar-refractivity contribution in [2.45, 2.75) is 26.4 Å². The third-order valence-corrected chi connectivity index (χ3v) is 1.84. The zero-order valence-corrected chi connectivity index (χ0v) is 8.84. The van der Waals surface area contributed by atoms with Crippen LogP contribution in [0.4, 0.5) is 0 Å². The summed E-state index contributed by atoms with van der Waals surface area (Å²) in [7, 11) is 0. The first-order chi connectivity index (χ1) is 6.22. The van der Waals surface area contributed by atoms with Gasteiger partial charge in [0.2, 0.25) is 0 Å². The van der Waals surface area contributed by atoms with Gasteiger partial charge in [-0.1, -0.05) is 12.1 Å². The smallest absolute Gasteiger partial charge is 0.119 e. The van der Waals surface area contributed by atoms with E-state index in [9.17, 15) is 0 Å². The van der Waals surface area contributed by atoms with Crippen LogP contribution in [0.15, 0.2) is 24.3 Å². The molecule has 1 rings (SSSR count). The fourth-order valence-corrected chi connectivity index (χ4v) is 1.37. The number of aryl methyl sites for hydroxylation is 1. The molecule has 0 aliphatic rings. The number of rotatable bonds is 4. The monoisotopic (exact) mass is 198 g/mol. The lowest BCUT2D eigenvalue weighted by molar-refractivity contribution is 0.242. The predicted molar refractivity (Wildman–Crippen MR) is 56.6 cm³/mol. The number of alkyl halides is 1. The van der Waals surface area contributed by atoms with Gasteiger partial charge < -0.3 is 4.74 Å². The maximum absolute atomic E-state index is 5.65. The summed E-state index contributed by atoms with van der Waals surface area (Å²) in [6, 6.07) is 8.08. The van der Waals surface area contributed by atoms with Crippen LogP contribution in [0, 0.1) is 0 Å². The lowest BCUT2D eigenvalue weighted by Gasteiger charge is -2.10. The minimum atomic E-state index is 0.228. The fraction of sp³-hybridized carbons (Fsp3) is 0.455. The normalized spacial score (nSPS) is 10.5. The number of ether oxygens (including phenoxy) is 1. The van der Waals surface area contributed by atoms with E-state index in [0.29, 0.717) is 5.88 Å². The Hall–Kier alpha value is -0.690. The SMILES string of the molecule is CC(C)Oc1cccc(CCCl)c1. The van der Waals surface area contributed by atoms with E-state index in [1.54, 1.807) is 0 Å². The molecule has 0 fully saturated rings. The van der Waals surface area contributed by atoms with Gasteiger partial charge in [0.25, 0.3) is 0 Å². The van der Waals surface area contributed by atoms with E-state index in [1.807, 2.05) is 32.0 Å². The highest BCUT2D eigenvalue weighted by atomic mass is 35.5. The standard InChI is InChI=1S/C11H15ClO/c1-9(2)13-11-5-3-4-10(8-11)6-7-12/h3-5,8-9H,6-7H2,1-2H3. The van der Waals surface area contributed by atoms with Crippen LogP contribution in [-0.4, -0.2) is 12.0 Å². The molecule has 0 heterocycles. The first-order valence-corrected chi connectivity index (χ1v) is 5.07. The molecule has 2 heteroatoms. The van der Waals surface area contributed by atoms with Crippen LogP contribution in [-0.2, 0) is 6.42 Å². The van der Waals surface area contributed by atoms with Gasteiger partial charge in [0.05, 0.1) is 6.10 Å². The number of hydrogen-bond acceptors (Lipinski definition) is 1. The van der Waals surface area contributed by atoms with E-state index < -0.39 is 0 Å². The van der Waals surface area contributed by atoms with Crippen molar-refractivity contribution < 1.29 is 4.74 Å². The fourth-order valence-electron chi connectivity index (χ4n) is 1.16. The van der Waals surface area contributed by atoms with Gasteiger partial charge in [-0.05, 0) is 38.0 Å². The van der Waals surface area contributed by atoms with Gasteiger partial charge in [-0.25, -0.2) is 0 Å². The molecule has 72 valence electrons. The van der Waals surface area contributed by atoms with Gasteiger partial charge in [0, 0.05) is 5.88 Å². The first kappa shape index (κ1) is 10.4. The van der Waals surface area contributed by atoms with Gasteiger partial charge in [-0.3, -0.25) is 0 Å². The second kappa shape index (κ2) is 5.13. The van der Waals surface area contributed by atoms with Crippen LogP contribution in [0.25, 0.3) is 0 Å². The highest BCUT2D eigenvalue weighted by Crippen LogP contribution is 2.15. The molecule has 0 bridgehead atoms. The molecule has 0 aliphatic heterocycles. The van der Waals surface area contributed by atoms with Crippen molar-refractivity contribution in [2.75, 3.05) is 5.88 Å². The number of benzene rings is 1. The predicted octanol–water partition coefficient (Wildman–Crippen LogP) is 3.26. The van der Waals surface area contributed by atoms with E-state index in [4.69, 9.17) is 16.3 Å². The van der Waals surface area contributed by atoms with E-state index in [-0.39, 0.29) is 6.10 Å². The van der Waals surface area contributed by atoms with Crippen LogP contribution in [0.1, 0.15) is 19.4 Å². The van der Waals surface area contributed by atoms with E-state index in [1.165, 1.54) is 5.56 Å². The Kier molecular flexibility index (Phi) is 4.10. The Morgan fingerprint density at radius 1 is 1.38 bits per heavy atom. The lowest BCUT2D eigenvalue weighted by atomic mass is 10.2. The largest absolute Gasteiger partial charge is 0.491 e. The summed E-state index contributed by atoms with van der Waals surface area (Å²) >= 11 is 5.65. The summed E-state index contributed by atoms with van der Waals surface area (Å²) in [5.74, 6) is 1.59. The second-order valence-electron chi connectivity index (χ2n) is 3.25. The lowest BCUT2D eigenvalue weighted by Crippen LogP contribution is -2.05. The van der Waals surface area contributed by atoms with Gasteiger partial charge >= 0.3 is 0 Å². The van der Waals surface area contributed by atoms with E-state index >= 15 is 0 Å². The Labute approximate surface area is 84.7 Å². The van der Waals surface area contributed by atoms with Crippen molar-refractivity contribution in [1.29, 1.82) is 0 Å². The minimum Gasteiger partial charge on any atom is -0.491 e. The molecule has 0 amide bonds. The molecule has 0 radical (unpaired) electrons. The van der Waals surface area contributed by atoms with Crippen molar-refractivity contribution in [3.8, 4) is 5.75 Å². The Morgan fingerprint density at radius 3 is 2.77 bits per heavy atom. The molecule has 1 aromatic carbocycles. The average molecular weight is 199 g/mol. The molecule has 1 aromatic rings. The number of hydrogen-bond donors (Lipinski definition) is 0. The summed E-state index contributed by atoms with van der Waals surface area (Å²) in [4.78, 5) is 0. The van der Waals surface area contributed by atoms with Gasteiger partial charge in [-0.15, -0.1) is 11.6 Å². The van der Waals surface area contributed by atoms with Gasteiger partial charge in [0.15, 0.2) is 0 Å². The molecule has 0 aromatic heterocycles. The molecular weight excluding hydrogens is 184 g/mol. The Balaban J connectivity index is 2.67. The van der Waals surface area contributed by atoms with Crippen LogP contribution in [0.5, 0.6) is 5.75 Å². The Morgan fingerprint density at radius 2 is 2.15 bits per heavy atom. The minimum absolute atomic E-state index is 0.228. The van der Waals surface area contributed by atoms with Crippen LogP contribution in [0.3, 0.4) is 0 Å². The summed E-state index contributed by atoms with van der Waals surface area (Å²) in [5.41, 5.74) is 1.23. The topological polar surface area (TPSA) is 9.23 Å². The number of halogens is 1. The molecule has 0 aliphatic carbocycles. The summed E-state index contributed by atoms with van der Waals surface area (Å²) in [6.07, 6.45) is 1.13. The maximum Gasteiger partial charge on any atom is 0.119 e. The molecule has 0 unspecified atom stereocenters. The van der Waals surface area contributed by atoms with Crippen LogP contribution in [0.2, 0.25) is 0 Å². The quantitative estimate of drug-likeness (QED) is 0.675. The third kappa shape index (κ3) is 3.69. The van der Waals surface area contributed by atoms with Crippen molar-refractivity contribution in [3.63, 3.8) is 0 Å². The van der Waals surface area contributed by atoms with Crippen molar-refractivity contribution in [3.05, 3.63) is 29.8 Å². The maximum atomic E-state index is 5.65. The molecule has 0 spiro atoms. The molecule has 1 nitrogen and oxygen atoms in total. The van der Waals surface area contributed by atoms with Crippen molar-refractivity contribution >= 4 is 11.6 Å². The average Bonchev–Trinajstić information content (AvgIpc) is 2.04.